The fourth-order valence-corrected chi connectivity index (χ4v) is 2.12. The molecule has 0 heterocycles. The predicted octanol–water partition coefficient (Wildman–Crippen LogP) is 3.44. The van der Waals surface area contributed by atoms with Crippen LogP contribution in [0.25, 0.3) is 0 Å². The lowest BCUT2D eigenvalue weighted by Gasteiger charge is -2.08. The van der Waals surface area contributed by atoms with Gasteiger partial charge >= 0.3 is 5.97 Å². The van der Waals surface area contributed by atoms with Crippen molar-refractivity contribution in [3.05, 3.63) is 70.8 Å². The second-order valence-corrected chi connectivity index (χ2v) is 5.46. The summed E-state index contributed by atoms with van der Waals surface area (Å²) < 4.78 is 0. The van der Waals surface area contributed by atoms with E-state index in [0.717, 1.165) is 5.56 Å². The van der Waals surface area contributed by atoms with E-state index < -0.39 is 5.97 Å². The maximum Gasteiger partial charge on any atom is 0.335 e. The molecule has 0 fully saturated rings. The average molecular weight is 297 g/mol. The summed E-state index contributed by atoms with van der Waals surface area (Å²) >= 11 is 0. The molecule has 22 heavy (non-hydrogen) atoms. The van der Waals surface area contributed by atoms with Gasteiger partial charge in [-0.05, 0) is 41.3 Å². The molecule has 4 nitrogen and oxygen atoms in total. The van der Waals surface area contributed by atoms with Gasteiger partial charge in [0.15, 0.2) is 0 Å². The van der Waals surface area contributed by atoms with Gasteiger partial charge in [0.05, 0.1) is 5.56 Å². The molecule has 1 amide bonds. The van der Waals surface area contributed by atoms with Gasteiger partial charge in [0.1, 0.15) is 0 Å². The summed E-state index contributed by atoms with van der Waals surface area (Å²) in [7, 11) is 0. The molecule has 0 radical (unpaired) electrons. The maximum atomic E-state index is 12.1. The molecule has 0 aliphatic rings. The predicted molar refractivity (Wildman–Crippen MR) is 85.1 cm³/mol. The van der Waals surface area contributed by atoms with Gasteiger partial charge in [0, 0.05) is 12.1 Å². The van der Waals surface area contributed by atoms with Crippen molar-refractivity contribution in [2.75, 3.05) is 0 Å². The fraction of sp³-hybridized carbons (Fsp3) is 0.222. The van der Waals surface area contributed by atoms with Crippen molar-refractivity contribution in [1.29, 1.82) is 0 Å². The third kappa shape index (κ3) is 3.95. The molecule has 0 spiro atoms. The molecule has 0 aliphatic carbocycles. The first kappa shape index (κ1) is 15.8. The van der Waals surface area contributed by atoms with Gasteiger partial charge in [0.25, 0.3) is 5.91 Å². The zero-order valence-electron chi connectivity index (χ0n) is 12.7. The van der Waals surface area contributed by atoms with E-state index in [1.54, 1.807) is 30.3 Å². The zero-order chi connectivity index (χ0) is 16.1. The quantitative estimate of drug-likeness (QED) is 0.888. The van der Waals surface area contributed by atoms with Gasteiger partial charge in [-0.15, -0.1) is 0 Å². The molecular weight excluding hydrogens is 278 g/mol. The van der Waals surface area contributed by atoms with Crippen molar-refractivity contribution in [2.45, 2.75) is 26.3 Å². The molecule has 0 unspecified atom stereocenters. The Morgan fingerprint density at radius 3 is 2.32 bits per heavy atom. The summed E-state index contributed by atoms with van der Waals surface area (Å²) in [4.78, 5) is 23.0. The van der Waals surface area contributed by atoms with Crippen LogP contribution in [0.2, 0.25) is 0 Å². The highest BCUT2D eigenvalue weighted by molar-refractivity contribution is 5.94. The van der Waals surface area contributed by atoms with Gasteiger partial charge in [0.2, 0.25) is 0 Å². The Bertz CT molecular complexity index is 675. The minimum Gasteiger partial charge on any atom is -0.478 e. The Labute approximate surface area is 129 Å². The highest BCUT2D eigenvalue weighted by Gasteiger charge is 2.08. The molecule has 0 saturated heterocycles. The van der Waals surface area contributed by atoms with E-state index in [1.165, 1.54) is 11.6 Å². The van der Waals surface area contributed by atoms with Gasteiger partial charge < -0.3 is 10.4 Å². The van der Waals surface area contributed by atoms with E-state index >= 15 is 0 Å². The summed E-state index contributed by atoms with van der Waals surface area (Å²) in [6, 6.07) is 14.0. The SMILES string of the molecule is CC(C)c1ccc(C(=O)NCc2cccc(C(=O)O)c2)cc1. The number of hydrogen-bond donors (Lipinski definition) is 2. The first-order valence-corrected chi connectivity index (χ1v) is 7.18. The van der Waals surface area contributed by atoms with E-state index in [-0.39, 0.29) is 11.5 Å². The second-order valence-electron chi connectivity index (χ2n) is 5.46. The van der Waals surface area contributed by atoms with Crippen molar-refractivity contribution in [3.8, 4) is 0 Å². The largest absolute Gasteiger partial charge is 0.478 e. The smallest absolute Gasteiger partial charge is 0.335 e. The molecule has 0 aliphatic heterocycles. The number of hydrogen-bond acceptors (Lipinski definition) is 2. The molecule has 2 aromatic carbocycles. The van der Waals surface area contributed by atoms with E-state index in [1.807, 2.05) is 12.1 Å². The highest BCUT2D eigenvalue weighted by Crippen LogP contribution is 2.14. The summed E-state index contributed by atoms with van der Waals surface area (Å²) in [5, 5.41) is 11.7. The van der Waals surface area contributed by atoms with Crippen LogP contribution in [0.1, 0.15) is 51.6 Å². The second kappa shape index (κ2) is 6.89. The third-order valence-corrected chi connectivity index (χ3v) is 3.47. The minimum atomic E-state index is -0.975. The van der Waals surface area contributed by atoms with E-state index in [9.17, 15) is 9.59 Å². The van der Waals surface area contributed by atoms with Crippen LogP contribution >= 0.6 is 0 Å². The van der Waals surface area contributed by atoms with E-state index in [2.05, 4.69) is 19.2 Å². The van der Waals surface area contributed by atoms with Crippen LogP contribution in [0.3, 0.4) is 0 Å². The molecule has 0 saturated carbocycles. The standard InChI is InChI=1S/C18H19NO3/c1-12(2)14-6-8-15(9-7-14)17(20)19-11-13-4-3-5-16(10-13)18(21)22/h3-10,12H,11H2,1-2H3,(H,19,20)(H,21,22). The average Bonchev–Trinajstić information content (AvgIpc) is 2.53. The first-order valence-electron chi connectivity index (χ1n) is 7.18. The van der Waals surface area contributed by atoms with Gasteiger partial charge in [-0.25, -0.2) is 4.79 Å². The minimum absolute atomic E-state index is 0.170. The summed E-state index contributed by atoms with van der Waals surface area (Å²) in [5.74, 6) is -0.718. The molecule has 2 aromatic rings. The lowest BCUT2D eigenvalue weighted by molar-refractivity contribution is 0.0696. The number of amides is 1. The van der Waals surface area contributed by atoms with E-state index in [4.69, 9.17) is 5.11 Å². The van der Waals surface area contributed by atoms with Gasteiger partial charge in [-0.1, -0.05) is 38.1 Å². The van der Waals surface area contributed by atoms with Crippen molar-refractivity contribution in [2.24, 2.45) is 0 Å². The van der Waals surface area contributed by atoms with Crippen LogP contribution in [-0.2, 0) is 6.54 Å². The number of aromatic carboxylic acids is 1. The van der Waals surface area contributed by atoms with Crippen LogP contribution < -0.4 is 5.32 Å². The summed E-state index contributed by atoms with van der Waals surface area (Å²) in [6.07, 6.45) is 0. The van der Waals surface area contributed by atoms with Crippen molar-refractivity contribution in [3.63, 3.8) is 0 Å². The monoisotopic (exact) mass is 297 g/mol. The van der Waals surface area contributed by atoms with Crippen molar-refractivity contribution in [1.82, 2.24) is 5.32 Å². The van der Waals surface area contributed by atoms with Crippen LogP contribution in [0.4, 0.5) is 0 Å². The number of carboxylic acid groups (broad SMARTS) is 1. The number of carbonyl (C=O) groups excluding carboxylic acids is 1. The Kier molecular flexibility index (Phi) is 4.94. The maximum absolute atomic E-state index is 12.1. The lowest BCUT2D eigenvalue weighted by atomic mass is 10.0. The summed E-state index contributed by atoms with van der Waals surface area (Å²) in [6.45, 7) is 4.50. The Balaban J connectivity index is 2.00. The molecular formula is C18H19NO3. The summed E-state index contributed by atoms with van der Waals surface area (Å²) in [5.41, 5.74) is 2.75. The van der Waals surface area contributed by atoms with Crippen LogP contribution in [0.5, 0.6) is 0 Å². The van der Waals surface area contributed by atoms with E-state index in [0.29, 0.717) is 18.0 Å². The molecule has 4 heteroatoms. The lowest BCUT2D eigenvalue weighted by Crippen LogP contribution is -2.22. The number of carboxylic acids is 1. The molecule has 0 bridgehead atoms. The van der Waals surface area contributed by atoms with Gasteiger partial charge in [-0.2, -0.15) is 0 Å². The number of nitrogens with one attached hydrogen (secondary N) is 1. The topological polar surface area (TPSA) is 66.4 Å². The molecule has 114 valence electrons. The molecule has 2 N–H and O–H groups in total. The third-order valence-electron chi connectivity index (χ3n) is 3.47. The Hall–Kier alpha value is -2.62. The van der Waals surface area contributed by atoms with Crippen LogP contribution in [0, 0.1) is 0 Å². The number of benzene rings is 2. The first-order chi connectivity index (χ1) is 10.5. The normalized spacial score (nSPS) is 10.5. The zero-order valence-corrected chi connectivity index (χ0v) is 12.7. The van der Waals surface area contributed by atoms with Crippen LogP contribution in [-0.4, -0.2) is 17.0 Å². The number of carbonyl (C=O) groups is 2. The van der Waals surface area contributed by atoms with Crippen molar-refractivity contribution >= 4 is 11.9 Å². The number of rotatable bonds is 5. The molecule has 2 rings (SSSR count). The molecule has 0 aromatic heterocycles. The molecule has 0 atom stereocenters. The Morgan fingerprint density at radius 1 is 1.05 bits per heavy atom. The Morgan fingerprint density at radius 2 is 1.73 bits per heavy atom. The van der Waals surface area contributed by atoms with Crippen molar-refractivity contribution < 1.29 is 14.7 Å². The highest BCUT2D eigenvalue weighted by atomic mass is 16.4. The van der Waals surface area contributed by atoms with Gasteiger partial charge in [-0.3, -0.25) is 4.79 Å². The fourth-order valence-electron chi connectivity index (χ4n) is 2.12. The van der Waals surface area contributed by atoms with Crippen LogP contribution in [0.15, 0.2) is 48.5 Å².